The lowest BCUT2D eigenvalue weighted by atomic mass is 9.91. The van der Waals surface area contributed by atoms with Crippen LogP contribution in [0.3, 0.4) is 0 Å². The third kappa shape index (κ3) is 3.62. The first kappa shape index (κ1) is 15.5. The highest BCUT2D eigenvalue weighted by molar-refractivity contribution is 7.12. The molecule has 3 nitrogen and oxygen atoms in total. The van der Waals surface area contributed by atoms with Crippen molar-refractivity contribution >= 4 is 11.3 Å². The number of hydrogen-bond donors (Lipinski definition) is 0. The molecule has 0 fully saturated rings. The number of nitriles is 1. The standard InChI is InChI=1S/C17H20N2OS/c1-11-6-7-13(8-12(11)2)20-10-15-19-16(17(3,4)5)14(9-18)21-15/h6-8H,10H2,1-5H3. The van der Waals surface area contributed by atoms with Crippen LogP contribution in [0.15, 0.2) is 18.2 Å². The second-order valence-corrected chi connectivity index (χ2v) is 7.27. The van der Waals surface area contributed by atoms with Crippen molar-refractivity contribution < 1.29 is 4.74 Å². The summed E-state index contributed by atoms with van der Waals surface area (Å²) in [5, 5.41) is 10.1. The monoisotopic (exact) mass is 300 g/mol. The average Bonchev–Trinajstić information content (AvgIpc) is 2.83. The third-order valence-corrected chi connectivity index (χ3v) is 4.26. The summed E-state index contributed by atoms with van der Waals surface area (Å²) in [4.78, 5) is 5.26. The van der Waals surface area contributed by atoms with Crippen LogP contribution in [-0.2, 0) is 12.0 Å². The molecule has 21 heavy (non-hydrogen) atoms. The topological polar surface area (TPSA) is 45.9 Å². The molecule has 0 radical (unpaired) electrons. The van der Waals surface area contributed by atoms with Crippen LogP contribution in [-0.4, -0.2) is 4.98 Å². The minimum Gasteiger partial charge on any atom is -0.486 e. The predicted octanol–water partition coefficient (Wildman–Crippen LogP) is 4.51. The maximum absolute atomic E-state index is 9.23. The van der Waals surface area contributed by atoms with Gasteiger partial charge in [0, 0.05) is 5.41 Å². The van der Waals surface area contributed by atoms with Gasteiger partial charge in [-0.15, -0.1) is 11.3 Å². The van der Waals surface area contributed by atoms with Crippen molar-refractivity contribution in [1.29, 1.82) is 5.26 Å². The Morgan fingerprint density at radius 1 is 1.24 bits per heavy atom. The lowest BCUT2D eigenvalue weighted by Crippen LogP contribution is -2.13. The van der Waals surface area contributed by atoms with Gasteiger partial charge in [0.1, 0.15) is 28.3 Å². The number of nitrogens with zero attached hydrogens (tertiary/aromatic N) is 2. The molecule has 0 aliphatic carbocycles. The van der Waals surface area contributed by atoms with Crippen molar-refractivity contribution in [3.05, 3.63) is 44.9 Å². The zero-order valence-electron chi connectivity index (χ0n) is 13.2. The molecule has 2 aromatic rings. The fraction of sp³-hybridized carbons (Fsp3) is 0.412. The molecule has 0 aliphatic heterocycles. The molecule has 0 amide bonds. The lowest BCUT2D eigenvalue weighted by molar-refractivity contribution is 0.304. The van der Waals surface area contributed by atoms with Gasteiger partial charge in [-0.2, -0.15) is 5.26 Å². The molecule has 4 heteroatoms. The first-order chi connectivity index (χ1) is 9.81. The van der Waals surface area contributed by atoms with Gasteiger partial charge in [-0.3, -0.25) is 0 Å². The van der Waals surface area contributed by atoms with E-state index in [1.165, 1.54) is 22.5 Å². The Morgan fingerprint density at radius 2 is 1.95 bits per heavy atom. The summed E-state index contributed by atoms with van der Waals surface area (Å²) in [7, 11) is 0. The Bertz CT molecular complexity index is 690. The van der Waals surface area contributed by atoms with Gasteiger partial charge < -0.3 is 4.74 Å². The van der Waals surface area contributed by atoms with E-state index in [4.69, 9.17) is 4.74 Å². The van der Waals surface area contributed by atoms with E-state index >= 15 is 0 Å². The Morgan fingerprint density at radius 3 is 2.48 bits per heavy atom. The van der Waals surface area contributed by atoms with Crippen molar-refractivity contribution in [2.75, 3.05) is 0 Å². The minimum absolute atomic E-state index is 0.125. The second kappa shape index (κ2) is 5.87. The van der Waals surface area contributed by atoms with E-state index in [-0.39, 0.29) is 5.41 Å². The number of aryl methyl sites for hydroxylation is 2. The van der Waals surface area contributed by atoms with Gasteiger partial charge in [-0.25, -0.2) is 4.98 Å². The lowest BCUT2D eigenvalue weighted by Gasteiger charge is -2.15. The van der Waals surface area contributed by atoms with E-state index in [1.54, 1.807) is 0 Å². The van der Waals surface area contributed by atoms with E-state index in [2.05, 4.69) is 45.7 Å². The summed E-state index contributed by atoms with van der Waals surface area (Å²) in [6.45, 7) is 10.7. The number of ether oxygens (including phenoxy) is 1. The summed E-state index contributed by atoms with van der Waals surface area (Å²) in [5.41, 5.74) is 3.19. The van der Waals surface area contributed by atoms with Crippen LogP contribution >= 0.6 is 11.3 Å². The molecule has 1 aromatic carbocycles. The van der Waals surface area contributed by atoms with E-state index in [0.29, 0.717) is 11.5 Å². The summed E-state index contributed by atoms with van der Waals surface area (Å²) >= 11 is 1.42. The predicted molar refractivity (Wildman–Crippen MR) is 85.8 cm³/mol. The Labute approximate surface area is 130 Å². The number of rotatable bonds is 3. The quantitative estimate of drug-likeness (QED) is 0.838. The van der Waals surface area contributed by atoms with Gasteiger partial charge in [0.25, 0.3) is 0 Å². The van der Waals surface area contributed by atoms with E-state index < -0.39 is 0 Å². The van der Waals surface area contributed by atoms with Crippen LogP contribution in [0.5, 0.6) is 5.75 Å². The van der Waals surface area contributed by atoms with Gasteiger partial charge in [0.2, 0.25) is 0 Å². The third-order valence-electron chi connectivity index (χ3n) is 3.32. The maximum atomic E-state index is 9.23. The molecule has 0 aliphatic rings. The Balaban J connectivity index is 2.15. The van der Waals surface area contributed by atoms with Crippen LogP contribution in [0, 0.1) is 25.2 Å². The molecule has 0 atom stereocenters. The molecule has 0 saturated heterocycles. The highest BCUT2D eigenvalue weighted by Gasteiger charge is 2.23. The maximum Gasteiger partial charge on any atom is 0.140 e. The molecule has 0 spiro atoms. The highest BCUT2D eigenvalue weighted by Crippen LogP contribution is 2.29. The molecule has 2 rings (SSSR count). The largest absolute Gasteiger partial charge is 0.486 e. The van der Waals surface area contributed by atoms with Crippen LogP contribution < -0.4 is 4.74 Å². The van der Waals surface area contributed by atoms with Crippen LogP contribution in [0.25, 0.3) is 0 Å². The number of thiazole rings is 1. The smallest absolute Gasteiger partial charge is 0.140 e. The van der Waals surface area contributed by atoms with Crippen LogP contribution in [0.2, 0.25) is 0 Å². The number of hydrogen-bond acceptors (Lipinski definition) is 4. The van der Waals surface area contributed by atoms with E-state index in [9.17, 15) is 5.26 Å². The van der Waals surface area contributed by atoms with Crippen molar-refractivity contribution in [1.82, 2.24) is 4.98 Å². The SMILES string of the molecule is Cc1ccc(OCc2nc(C(C)(C)C)c(C#N)s2)cc1C. The highest BCUT2D eigenvalue weighted by atomic mass is 32.1. The molecular weight excluding hydrogens is 280 g/mol. The van der Waals surface area contributed by atoms with Gasteiger partial charge in [0.15, 0.2) is 0 Å². The Hall–Kier alpha value is -1.86. The van der Waals surface area contributed by atoms with Gasteiger partial charge in [-0.05, 0) is 37.1 Å². The van der Waals surface area contributed by atoms with Crippen molar-refractivity contribution in [3.63, 3.8) is 0 Å². The van der Waals surface area contributed by atoms with Crippen molar-refractivity contribution in [2.24, 2.45) is 0 Å². The molecule has 1 heterocycles. The van der Waals surface area contributed by atoms with Crippen molar-refractivity contribution in [2.45, 2.75) is 46.6 Å². The molecule has 1 aromatic heterocycles. The van der Waals surface area contributed by atoms with Gasteiger partial charge in [0.05, 0.1) is 5.69 Å². The van der Waals surface area contributed by atoms with Gasteiger partial charge in [-0.1, -0.05) is 26.8 Å². The van der Waals surface area contributed by atoms with Crippen LogP contribution in [0.4, 0.5) is 0 Å². The fourth-order valence-electron chi connectivity index (χ4n) is 1.96. The van der Waals surface area contributed by atoms with Gasteiger partial charge >= 0.3 is 0 Å². The number of benzene rings is 1. The molecule has 0 unspecified atom stereocenters. The van der Waals surface area contributed by atoms with E-state index in [0.717, 1.165) is 16.5 Å². The zero-order chi connectivity index (χ0) is 15.6. The molecular formula is C17H20N2OS. The summed E-state index contributed by atoms with van der Waals surface area (Å²) in [5.74, 6) is 0.837. The average molecular weight is 300 g/mol. The Kier molecular flexibility index (Phi) is 4.34. The molecule has 0 N–H and O–H groups in total. The first-order valence-corrected chi connectivity index (χ1v) is 7.73. The molecule has 110 valence electrons. The fourth-order valence-corrected chi connectivity index (χ4v) is 2.94. The molecule has 0 bridgehead atoms. The summed E-state index contributed by atoms with van der Waals surface area (Å²) in [6.07, 6.45) is 0. The van der Waals surface area contributed by atoms with Crippen LogP contribution in [0.1, 0.15) is 47.5 Å². The first-order valence-electron chi connectivity index (χ1n) is 6.91. The van der Waals surface area contributed by atoms with E-state index in [1.807, 2.05) is 18.2 Å². The summed E-state index contributed by atoms with van der Waals surface area (Å²) < 4.78 is 5.79. The number of aromatic nitrogens is 1. The zero-order valence-corrected chi connectivity index (χ0v) is 14.0. The molecule has 0 saturated carbocycles. The normalized spacial score (nSPS) is 11.2. The van der Waals surface area contributed by atoms with Crippen molar-refractivity contribution in [3.8, 4) is 11.8 Å². The summed E-state index contributed by atoms with van der Waals surface area (Å²) in [6, 6.07) is 8.28. The minimum atomic E-state index is -0.125. The second-order valence-electron chi connectivity index (χ2n) is 6.18.